The van der Waals surface area contributed by atoms with Gasteiger partial charge in [-0.05, 0) is 55.2 Å². The average molecular weight is 382 g/mol. The maximum Gasteiger partial charge on any atom is 0.223 e. The van der Waals surface area contributed by atoms with Crippen LogP contribution in [0.3, 0.4) is 0 Å². The standard InChI is InChI=1S/C23H31N3O2/c1-23(2,3)17-7-9-18(10-8-17)26-21-6-4-5-20(19(21)15-24-26)25-22(27)16-11-13-28-14-12-16/h7-10,15-16,20H,4-6,11-14H2,1-3H3,(H,25,27). The molecule has 2 aromatic rings. The molecule has 1 unspecified atom stereocenters. The summed E-state index contributed by atoms with van der Waals surface area (Å²) in [5.41, 5.74) is 4.95. The van der Waals surface area contributed by atoms with Crippen LogP contribution in [0, 0.1) is 5.92 Å². The molecule has 0 bridgehead atoms. The molecule has 1 fully saturated rings. The molecule has 0 saturated carbocycles. The van der Waals surface area contributed by atoms with E-state index in [-0.39, 0.29) is 23.3 Å². The molecule has 0 radical (unpaired) electrons. The highest BCUT2D eigenvalue weighted by Gasteiger charge is 2.29. The Hall–Kier alpha value is -2.14. The fourth-order valence-electron chi connectivity index (χ4n) is 4.28. The zero-order valence-electron chi connectivity index (χ0n) is 17.2. The molecule has 150 valence electrons. The molecule has 1 amide bonds. The highest BCUT2D eigenvalue weighted by molar-refractivity contribution is 5.79. The molecular formula is C23H31N3O2. The van der Waals surface area contributed by atoms with Gasteiger partial charge < -0.3 is 10.1 Å². The predicted octanol–water partition coefficient (Wildman–Crippen LogP) is 4.09. The van der Waals surface area contributed by atoms with E-state index in [2.05, 4.69) is 60.1 Å². The van der Waals surface area contributed by atoms with Crippen LogP contribution in [0.1, 0.15) is 69.3 Å². The number of hydrogen-bond acceptors (Lipinski definition) is 3. The molecule has 5 heteroatoms. The smallest absolute Gasteiger partial charge is 0.223 e. The summed E-state index contributed by atoms with van der Waals surface area (Å²) in [5, 5.41) is 7.97. The van der Waals surface area contributed by atoms with Crippen LogP contribution in [0.2, 0.25) is 0 Å². The number of amides is 1. The number of ether oxygens (including phenoxy) is 1. The Morgan fingerprint density at radius 2 is 1.86 bits per heavy atom. The predicted molar refractivity (Wildman–Crippen MR) is 110 cm³/mol. The van der Waals surface area contributed by atoms with Gasteiger partial charge in [0.15, 0.2) is 0 Å². The van der Waals surface area contributed by atoms with E-state index < -0.39 is 0 Å². The van der Waals surface area contributed by atoms with Crippen LogP contribution in [0.25, 0.3) is 5.69 Å². The first-order chi connectivity index (χ1) is 13.4. The van der Waals surface area contributed by atoms with Gasteiger partial charge >= 0.3 is 0 Å². The minimum atomic E-state index is 0.0710. The Morgan fingerprint density at radius 1 is 1.14 bits per heavy atom. The van der Waals surface area contributed by atoms with Crippen molar-refractivity contribution >= 4 is 5.91 Å². The number of aromatic nitrogens is 2. The number of benzene rings is 1. The van der Waals surface area contributed by atoms with Crippen LogP contribution in [0.4, 0.5) is 0 Å². The van der Waals surface area contributed by atoms with Crippen LogP contribution >= 0.6 is 0 Å². The molecule has 1 atom stereocenters. The molecule has 1 aliphatic heterocycles. The van der Waals surface area contributed by atoms with Gasteiger partial charge in [0.05, 0.1) is 17.9 Å². The number of rotatable bonds is 3. The van der Waals surface area contributed by atoms with Gasteiger partial charge in [-0.2, -0.15) is 5.10 Å². The highest BCUT2D eigenvalue weighted by Crippen LogP contribution is 2.32. The van der Waals surface area contributed by atoms with Crippen LogP contribution in [-0.2, 0) is 21.4 Å². The summed E-state index contributed by atoms with van der Waals surface area (Å²) in [6.07, 6.45) is 6.64. The zero-order chi connectivity index (χ0) is 19.7. The zero-order valence-corrected chi connectivity index (χ0v) is 17.2. The molecule has 2 heterocycles. The Labute approximate surface area is 167 Å². The number of nitrogens with one attached hydrogen (secondary N) is 1. The molecule has 1 saturated heterocycles. The molecule has 1 aromatic carbocycles. The average Bonchev–Trinajstić information content (AvgIpc) is 3.13. The second-order valence-electron chi connectivity index (χ2n) is 9.10. The van der Waals surface area contributed by atoms with Crippen molar-refractivity contribution in [2.24, 2.45) is 5.92 Å². The minimum absolute atomic E-state index is 0.0710. The van der Waals surface area contributed by atoms with Gasteiger partial charge in [0.2, 0.25) is 5.91 Å². The minimum Gasteiger partial charge on any atom is -0.381 e. The number of carbonyl (C=O) groups excluding carboxylic acids is 1. The molecule has 2 aliphatic rings. The van der Waals surface area contributed by atoms with Crippen molar-refractivity contribution in [3.8, 4) is 5.69 Å². The van der Waals surface area contributed by atoms with Gasteiger partial charge in [-0.3, -0.25) is 4.79 Å². The number of nitrogens with zero attached hydrogens (tertiary/aromatic N) is 2. The number of fused-ring (bicyclic) bond motifs is 1. The van der Waals surface area contributed by atoms with Crippen LogP contribution in [0.5, 0.6) is 0 Å². The maximum absolute atomic E-state index is 12.7. The Kier molecular flexibility index (Phi) is 5.28. The molecule has 1 aliphatic carbocycles. The second kappa shape index (κ2) is 7.70. The van der Waals surface area contributed by atoms with Crippen molar-refractivity contribution in [3.63, 3.8) is 0 Å². The van der Waals surface area contributed by atoms with Crippen molar-refractivity contribution in [3.05, 3.63) is 47.3 Å². The lowest BCUT2D eigenvalue weighted by Crippen LogP contribution is -2.37. The fourth-order valence-corrected chi connectivity index (χ4v) is 4.28. The third-order valence-corrected chi connectivity index (χ3v) is 6.07. The molecule has 4 rings (SSSR count). The lowest BCUT2D eigenvalue weighted by molar-refractivity contribution is -0.128. The third kappa shape index (κ3) is 3.86. The topological polar surface area (TPSA) is 56.2 Å². The van der Waals surface area contributed by atoms with Crippen LogP contribution in [-0.4, -0.2) is 28.9 Å². The molecule has 1 aromatic heterocycles. The highest BCUT2D eigenvalue weighted by atomic mass is 16.5. The van der Waals surface area contributed by atoms with Gasteiger partial charge in [-0.1, -0.05) is 32.9 Å². The fraction of sp³-hybridized carbons (Fsp3) is 0.565. The third-order valence-electron chi connectivity index (χ3n) is 6.07. The lowest BCUT2D eigenvalue weighted by atomic mass is 9.87. The van der Waals surface area contributed by atoms with Crippen molar-refractivity contribution in [1.29, 1.82) is 0 Å². The van der Waals surface area contributed by atoms with E-state index in [1.807, 2.05) is 6.20 Å². The Bertz CT molecular complexity index is 827. The Morgan fingerprint density at radius 3 is 2.54 bits per heavy atom. The maximum atomic E-state index is 12.7. The van der Waals surface area contributed by atoms with Crippen molar-refractivity contribution in [1.82, 2.24) is 15.1 Å². The van der Waals surface area contributed by atoms with Crippen molar-refractivity contribution < 1.29 is 9.53 Å². The van der Waals surface area contributed by atoms with Gasteiger partial charge in [0.1, 0.15) is 0 Å². The summed E-state index contributed by atoms with van der Waals surface area (Å²) in [7, 11) is 0. The summed E-state index contributed by atoms with van der Waals surface area (Å²) in [5.74, 6) is 0.252. The molecule has 1 N–H and O–H groups in total. The monoisotopic (exact) mass is 381 g/mol. The Balaban J connectivity index is 1.53. The largest absolute Gasteiger partial charge is 0.381 e. The molecule has 0 spiro atoms. The number of hydrogen-bond donors (Lipinski definition) is 1. The number of carbonyl (C=O) groups is 1. The lowest BCUT2D eigenvalue weighted by Gasteiger charge is -2.28. The first-order valence-electron chi connectivity index (χ1n) is 10.5. The first kappa shape index (κ1) is 19.2. The molecular weight excluding hydrogens is 350 g/mol. The summed E-state index contributed by atoms with van der Waals surface area (Å²) >= 11 is 0. The quantitative estimate of drug-likeness (QED) is 0.871. The summed E-state index contributed by atoms with van der Waals surface area (Å²) in [4.78, 5) is 12.7. The molecule has 5 nitrogen and oxygen atoms in total. The molecule has 28 heavy (non-hydrogen) atoms. The summed E-state index contributed by atoms with van der Waals surface area (Å²) < 4.78 is 7.43. The van der Waals surface area contributed by atoms with Crippen molar-refractivity contribution in [2.75, 3.05) is 13.2 Å². The van der Waals surface area contributed by atoms with E-state index in [9.17, 15) is 4.79 Å². The van der Waals surface area contributed by atoms with Gasteiger partial charge in [-0.25, -0.2) is 4.68 Å². The SMILES string of the molecule is CC(C)(C)c1ccc(-n2ncc3c2CCCC3NC(=O)C2CCOCC2)cc1. The van der Waals surface area contributed by atoms with E-state index in [0.717, 1.165) is 37.8 Å². The van der Waals surface area contributed by atoms with Crippen molar-refractivity contribution in [2.45, 2.75) is 64.3 Å². The van der Waals surface area contributed by atoms with Crippen LogP contribution < -0.4 is 5.32 Å². The van der Waals surface area contributed by atoms with E-state index in [1.54, 1.807) is 0 Å². The van der Waals surface area contributed by atoms with E-state index in [1.165, 1.54) is 16.8 Å². The van der Waals surface area contributed by atoms with Gasteiger partial charge in [0.25, 0.3) is 0 Å². The van der Waals surface area contributed by atoms with Gasteiger partial charge in [-0.15, -0.1) is 0 Å². The normalized spacial score (nSPS) is 20.6. The van der Waals surface area contributed by atoms with E-state index in [0.29, 0.717) is 13.2 Å². The summed E-state index contributed by atoms with van der Waals surface area (Å²) in [6, 6.07) is 8.75. The summed E-state index contributed by atoms with van der Waals surface area (Å²) in [6.45, 7) is 8.06. The first-order valence-corrected chi connectivity index (χ1v) is 10.5. The van der Waals surface area contributed by atoms with E-state index >= 15 is 0 Å². The van der Waals surface area contributed by atoms with Gasteiger partial charge in [0, 0.05) is 30.4 Å². The van der Waals surface area contributed by atoms with E-state index in [4.69, 9.17) is 4.74 Å². The van der Waals surface area contributed by atoms with Crippen LogP contribution in [0.15, 0.2) is 30.5 Å². The second-order valence-corrected chi connectivity index (χ2v) is 9.10.